The van der Waals surface area contributed by atoms with Gasteiger partial charge in [-0.2, -0.15) is 15.2 Å². The van der Waals surface area contributed by atoms with Gasteiger partial charge in [0.05, 0.1) is 21.8 Å². The second-order valence-corrected chi connectivity index (χ2v) is 10.5. The van der Waals surface area contributed by atoms with Crippen molar-refractivity contribution in [3.63, 3.8) is 0 Å². The molecule has 2 aliphatic rings. The van der Waals surface area contributed by atoms with Crippen molar-refractivity contribution in [2.24, 2.45) is 0 Å². The molecule has 0 amide bonds. The number of thiazole rings is 1. The number of nitrogen functional groups attached to an aromatic ring is 1. The first kappa shape index (κ1) is 23.8. The first-order valence-corrected chi connectivity index (χ1v) is 13.2. The quantitative estimate of drug-likeness (QED) is 0.410. The lowest BCUT2D eigenvalue weighted by atomic mass is 9.96. The molecule has 2 saturated heterocycles. The molecule has 3 N–H and O–H groups in total. The third kappa shape index (κ3) is 4.31. The second-order valence-electron chi connectivity index (χ2n) is 9.48. The molecule has 0 radical (unpaired) electrons. The minimum absolute atomic E-state index is 0.132. The lowest BCUT2D eigenvalue weighted by Gasteiger charge is -2.29. The zero-order valence-electron chi connectivity index (χ0n) is 20.5. The minimum Gasteiger partial charge on any atom is -0.462 e. The summed E-state index contributed by atoms with van der Waals surface area (Å²) in [4.78, 5) is 18.0. The molecule has 6 rings (SSSR count). The van der Waals surface area contributed by atoms with Crippen LogP contribution in [-0.4, -0.2) is 72.3 Å². The normalized spacial score (nSPS) is 18.5. The number of nitriles is 1. The van der Waals surface area contributed by atoms with Crippen LogP contribution in [0, 0.1) is 17.1 Å². The number of nitrogens with zero attached hydrogens (tertiary/aromatic N) is 6. The van der Waals surface area contributed by atoms with E-state index in [1.54, 1.807) is 12.1 Å². The van der Waals surface area contributed by atoms with Gasteiger partial charge in [-0.25, -0.2) is 9.37 Å². The van der Waals surface area contributed by atoms with Gasteiger partial charge in [0.25, 0.3) is 0 Å². The van der Waals surface area contributed by atoms with E-state index < -0.39 is 5.82 Å². The van der Waals surface area contributed by atoms with E-state index in [9.17, 15) is 5.26 Å². The van der Waals surface area contributed by atoms with E-state index in [4.69, 9.17) is 15.5 Å². The molecule has 0 aliphatic carbocycles. The molecule has 0 spiro atoms. The summed E-state index contributed by atoms with van der Waals surface area (Å²) in [5.74, 6) is -0.00548. The molecule has 0 saturated carbocycles. The van der Waals surface area contributed by atoms with Crippen molar-refractivity contribution in [3.8, 4) is 23.2 Å². The van der Waals surface area contributed by atoms with Crippen LogP contribution in [0.25, 0.3) is 32.2 Å². The summed E-state index contributed by atoms with van der Waals surface area (Å²) in [6, 6.07) is 9.76. The number of ether oxygens (including phenoxy) is 1. The Balaban J connectivity index is 1.53. The van der Waals surface area contributed by atoms with Crippen LogP contribution in [-0.2, 0) is 0 Å². The monoisotopic (exact) mass is 518 g/mol. The summed E-state index contributed by atoms with van der Waals surface area (Å²) in [6.07, 6.45) is 2.16. The number of benzene rings is 2. The predicted octanol–water partition coefficient (Wildman–Crippen LogP) is 3.38. The Labute approximate surface area is 217 Å². The van der Waals surface area contributed by atoms with E-state index in [0.29, 0.717) is 47.1 Å². The number of rotatable bonds is 5. The molecule has 4 aromatic rings. The van der Waals surface area contributed by atoms with Gasteiger partial charge >= 0.3 is 6.01 Å². The number of nitrogens with one attached hydrogen (secondary N) is 1. The van der Waals surface area contributed by atoms with Crippen molar-refractivity contribution in [2.45, 2.75) is 18.9 Å². The van der Waals surface area contributed by atoms with Gasteiger partial charge in [0.1, 0.15) is 17.9 Å². The smallest absolute Gasteiger partial charge is 0.319 e. The van der Waals surface area contributed by atoms with Crippen LogP contribution in [0.2, 0.25) is 0 Å². The molecule has 2 aromatic heterocycles. The second kappa shape index (κ2) is 9.70. The molecular formula is C26H27FN8OS. The van der Waals surface area contributed by atoms with Gasteiger partial charge in [-0.05, 0) is 38.6 Å². The van der Waals surface area contributed by atoms with Crippen molar-refractivity contribution in [1.29, 1.82) is 5.26 Å². The lowest BCUT2D eigenvalue weighted by molar-refractivity contribution is 0.188. The average molecular weight is 519 g/mol. The zero-order chi connectivity index (χ0) is 25.5. The maximum atomic E-state index is 16.5. The Morgan fingerprint density at radius 1 is 1.22 bits per heavy atom. The number of aromatic nitrogens is 3. The van der Waals surface area contributed by atoms with Crippen molar-refractivity contribution >= 4 is 43.4 Å². The summed E-state index contributed by atoms with van der Waals surface area (Å²) < 4.78 is 23.4. The summed E-state index contributed by atoms with van der Waals surface area (Å²) in [6.45, 7) is 4.45. The Hall–Kier alpha value is -3.59. The SMILES string of the molecule is CN1CCCC1COc1nc(N2CCNCC2)c2cc(C#N)c(-c3cccc4sc(N)nc34)c(F)c2n1. The fraction of sp³-hybridized carbons (Fsp3) is 0.385. The topological polar surface area (TPSA) is 116 Å². The molecule has 37 heavy (non-hydrogen) atoms. The summed E-state index contributed by atoms with van der Waals surface area (Å²) >= 11 is 1.33. The van der Waals surface area contributed by atoms with Crippen molar-refractivity contribution in [1.82, 2.24) is 25.2 Å². The van der Waals surface area contributed by atoms with Gasteiger partial charge in [-0.3, -0.25) is 0 Å². The van der Waals surface area contributed by atoms with E-state index >= 15 is 4.39 Å². The molecule has 2 fully saturated rings. The highest BCUT2D eigenvalue weighted by Crippen LogP contribution is 2.40. The lowest BCUT2D eigenvalue weighted by Crippen LogP contribution is -2.44. The highest BCUT2D eigenvalue weighted by Gasteiger charge is 2.26. The molecule has 4 heterocycles. The van der Waals surface area contributed by atoms with Crippen LogP contribution in [0.4, 0.5) is 15.3 Å². The molecule has 0 bridgehead atoms. The molecule has 190 valence electrons. The van der Waals surface area contributed by atoms with Crippen LogP contribution < -0.4 is 20.7 Å². The maximum Gasteiger partial charge on any atom is 0.319 e. The third-order valence-corrected chi connectivity index (χ3v) is 8.06. The summed E-state index contributed by atoms with van der Waals surface area (Å²) in [5, 5.41) is 14.3. The third-order valence-electron chi connectivity index (χ3n) is 7.21. The van der Waals surface area contributed by atoms with Gasteiger partial charge in [0, 0.05) is 48.7 Å². The maximum absolute atomic E-state index is 16.5. The van der Waals surface area contributed by atoms with Crippen LogP contribution in [0.3, 0.4) is 0 Å². The number of likely N-dealkylation sites (tertiary alicyclic amines) is 1. The van der Waals surface area contributed by atoms with E-state index in [1.165, 1.54) is 11.3 Å². The van der Waals surface area contributed by atoms with Crippen LogP contribution >= 0.6 is 11.3 Å². The molecular weight excluding hydrogens is 491 g/mol. The predicted molar refractivity (Wildman–Crippen MR) is 143 cm³/mol. The fourth-order valence-corrected chi connectivity index (χ4v) is 6.01. The Morgan fingerprint density at radius 2 is 2.05 bits per heavy atom. The van der Waals surface area contributed by atoms with Crippen molar-refractivity contribution in [3.05, 3.63) is 35.6 Å². The van der Waals surface area contributed by atoms with E-state index in [0.717, 1.165) is 37.2 Å². The van der Waals surface area contributed by atoms with Gasteiger partial charge in [-0.1, -0.05) is 23.5 Å². The number of nitrogens with two attached hydrogens (primary N) is 1. The molecule has 9 nitrogen and oxygen atoms in total. The highest BCUT2D eigenvalue weighted by atomic mass is 32.1. The van der Waals surface area contributed by atoms with Gasteiger partial charge < -0.3 is 25.6 Å². The van der Waals surface area contributed by atoms with E-state index in [2.05, 4.69) is 38.2 Å². The number of hydrogen-bond acceptors (Lipinski definition) is 10. The van der Waals surface area contributed by atoms with Crippen LogP contribution in [0.15, 0.2) is 24.3 Å². The van der Waals surface area contributed by atoms with E-state index in [1.807, 2.05) is 12.1 Å². The summed E-state index contributed by atoms with van der Waals surface area (Å²) in [5.41, 5.74) is 7.53. The van der Waals surface area contributed by atoms with Gasteiger partial charge in [0.15, 0.2) is 10.9 Å². The molecule has 1 atom stereocenters. The van der Waals surface area contributed by atoms with Gasteiger partial charge in [-0.15, -0.1) is 0 Å². The standard InChI is InChI=1S/C26H27FN8OS/c1-34-9-3-4-16(34)14-36-26-32-23-18(24(33-26)35-10-7-30-8-11-35)12-15(13-28)20(21(23)27)17-5-2-6-19-22(17)31-25(29)37-19/h2,5-6,12,16,30H,3-4,7-11,14H2,1H3,(H2,29,31). The fourth-order valence-electron chi connectivity index (χ4n) is 5.25. The molecule has 2 aromatic carbocycles. The zero-order valence-corrected chi connectivity index (χ0v) is 21.3. The Bertz CT molecular complexity index is 1530. The average Bonchev–Trinajstić information content (AvgIpc) is 3.51. The van der Waals surface area contributed by atoms with Crippen molar-refractivity contribution < 1.29 is 9.13 Å². The first-order valence-electron chi connectivity index (χ1n) is 12.4. The van der Waals surface area contributed by atoms with Gasteiger partial charge in [0.2, 0.25) is 0 Å². The molecule has 2 aliphatic heterocycles. The number of fused-ring (bicyclic) bond motifs is 2. The molecule has 11 heteroatoms. The molecule has 1 unspecified atom stereocenters. The van der Waals surface area contributed by atoms with Crippen LogP contribution in [0.5, 0.6) is 6.01 Å². The highest BCUT2D eigenvalue weighted by molar-refractivity contribution is 7.22. The number of halogens is 1. The Morgan fingerprint density at radius 3 is 2.81 bits per heavy atom. The number of piperazine rings is 1. The number of anilines is 2. The minimum atomic E-state index is -0.588. The number of para-hydroxylation sites is 1. The van der Waals surface area contributed by atoms with Crippen LogP contribution in [0.1, 0.15) is 18.4 Å². The number of hydrogen-bond donors (Lipinski definition) is 2. The number of likely N-dealkylation sites (N-methyl/N-ethyl adjacent to an activating group) is 1. The van der Waals surface area contributed by atoms with Crippen molar-refractivity contribution in [2.75, 3.05) is 57.0 Å². The largest absolute Gasteiger partial charge is 0.462 e. The Kier molecular flexibility index (Phi) is 6.24. The summed E-state index contributed by atoms with van der Waals surface area (Å²) in [7, 11) is 2.08. The first-order chi connectivity index (χ1) is 18.0. The van der Waals surface area contributed by atoms with E-state index in [-0.39, 0.29) is 28.7 Å².